The van der Waals surface area contributed by atoms with E-state index in [9.17, 15) is 18.3 Å². The van der Waals surface area contributed by atoms with Gasteiger partial charge < -0.3 is 14.8 Å². The number of halogens is 3. The molecule has 7 nitrogen and oxygen atoms in total. The third-order valence-electron chi connectivity index (χ3n) is 6.85. The van der Waals surface area contributed by atoms with Gasteiger partial charge in [-0.15, -0.1) is 5.10 Å². The minimum atomic E-state index is -4.32. The maximum Gasteiger partial charge on any atom is 0.405 e. The van der Waals surface area contributed by atoms with Crippen LogP contribution in [0.4, 0.5) is 24.9 Å². The second-order valence-electron chi connectivity index (χ2n) is 10.7. The molecule has 2 aromatic heterocycles. The number of aliphatic hydroxyl groups is 1. The molecule has 2 bridgehead atoms. The molecule has 2 aliphatic rings. The topological polar surface area (TPSA) is 96.4 Å². The van der Waals surface area contributed by atoms with Gasteiger partial charge in [-0.05, 0) is 66.8 Å². The molecule has 3 aromatic rings. The summed E-state index contributed by atoms with van der Waals surface area (Å²) >= 11 is 0. The number of aryl methyl sites for hydroxylation is 1. The van der Waals surface area contributed by atoms with Crippen molar-refractivity contribution in [3.05, 3.63) is 29.3 Å². The number of benzene rings is 1. The third-order valence-corrected chi connectivity index (χ3v) is 6.85. The molecule has 2 fully saturated rings. The highest BCUT2D eigenvalue weighted by atomic mass is 19.4. The van der Waals surface area contributed by atoms with Crippen LogP contribution in [0.15, 0.2) is 27.6 Å². The van der Waals surface area contributed by atoms with E-state index in [0.717, 1.165) is 41.5 Å². The molecule has 0 saturated heterocycles. The Morgan fingerprint density at radius 2 is 1.91 bits per heavy atom. The second-order valence-corrected chi connectivity index (χ2v) is 10.7. The van der Waals surface area contributed by atoms with E-state index in [1.807, 2.05) is 27.7 Å². The van der Waals surface area contributed by atoms with E-state index in [-0.39, 0.29) is 29.3 Å². The standard InChI is InChI=1S/C25H28F3N5O2/c1-12-5-19(22-32-33-23(35-22)31-18-7-13-6-16(18)20(34)8-13)30-21-15(12)9-14(29-11-25(26,27)28)10-17(21)24(2,3)4/h5,9-10,13,16,20,29,34H,6-8,11H2,1-4H3. The third kappa shape index (κ3) is 4.76. The summed E-state index contributed by atoms with van der Waals surface area (Å²) in [7, 11) is 0. The summed E-state index contributed by atoms with van der Waals surface area (Å²) < 4.78 is 44.2. The van der Waals surface area contributed by atoms with Gasteiger partial charge in [-0.3, -0.25) is 0 Å². The van der Waals surface area contributed by atoms with Crippen molar-refractivity contribution < 1.29 is 22.7 Å². The van der Waals surface area contributed by atoms with Crippen LogP contribution in [0.3, 0.4) is 0 Å². The molecule has 2 heterocycles. The van der Waals surface area contributed by atoms with Crippen LogP contribution in [0.5, 0.6) is 0 Å². The van der Waals surface area contributed by atoms with Crippen LogP contribution in [0, 0.1) is 18.8 Å². The molecule has 0 amide bonds. The molecule has 0 radical (unpaired) electrons. The number of alkyl halides is 3. The van der Waals surface area contributed by atoms with E-state index < -0.39 is 12.7 Å². The Hall–Kier alpha value is -3.01. The first-order valence-corrected chi connectivity index (χ1v) is 11.7. The number of aromatic nitrogens is 3. The molecule has 2 aliphatic carbocycles. The second kappa shape index (κ2) is 8.29. The van der Waals surface area contributed by atoms with Crippen LogP contribution in [0.25, 0.3) is 22.5 Å². The van der Waals surface area contributed by atoms with E-state index in [0.29, 0.717) is 22.8 Å². The van der Waals surface area contributed by atoms with E-state index in [1.54, 1.807) is 18.2 Å². The average molecular weight is 488 g/mol. The van der Waals surface area contributed by atoms with Crippen LogP contribution in [0.1, 0.15) is 51.2 Å². The van der Waals surface area contributed by atoms with Crippen molar-refractivity contribution >= 4 is 28.3 Å². The predicted molar refractivity (Wildman–Crippen MR) is 127 cm³/mol. The fourth-order valence-electron chi connectivity index (χ4n) is 5.18. The largest absolute Gasteiger partial charge is 0.405 e. The van der Waals surface area contributed by atoms with Crippen molar-refractivity contribution in [2.24, 2.45) is 16.8 Å². The van der Waals surface area contributed by atoms with Gasteiger partial charge in [0.1, 0.15) is 12.2 Å². The van der Waals surface area contributed by atoms with Crippen LogP contribution in [-0.4, -0.2) is 44.8 Å². The number of aliphatic hydroxyl groups excluding tert-OH is 1. The van der Waals surface area contributed by atoms with E-state index >= 15 is 0 Å². The molecular weight excluding hydrogens is 459 g/mol. The first-order valence-electron chi connectivity index (χ1n) is 11.7. The van der Waals surface area contributed by atoms with Gasteiger partial charge in [-0.2, -0.15) is 13.2 Å². The van der Waals surface area contributed by atoms with Gasteiger partial charge in [0, 0.05) is 22.7 Å². The van der Waals surface area contributed by atoms with E-state index in [1.165, 1.54) is 0 Å². The Balaban J connectivity index is 1.52. The molecule has 2 saturated carbocycles. The number of nitrogens with zero attached hydrogens (tertiary/aromatic N) is 4. The summed E-state index contributed by atoms with van der Waals surface area (Å²) in [6, 6.07) is 5.33. The zero-order chi connectivity index (χ0) is 25.1. The molecule has 3 unspecified atom stereocenters. The van der Waals surface area contributed by atoms with Gasteiger partial charge >= 0.3 is 12.2 Å². The average Bonchev–Trinajstić information content (AvgIpc) is 3.46. The minimum absolute atomic E-state index is 0.0610. The summed E-state index contributed by atoms with van der Waals surface area (Å²) in [5.74, 6) is 0.746. The number of rotatable bonds is 4. The number of pyridine rings is 1. The predicted octanol–water partition coefficient (Wildman–Crippen LogP) is 5.73. The molecule has 0 spiro atoms. The molecule has 5 rings (SSSR count). The summed E-state index contributed by atoms with van der Waals surface area (Å²) in [6.07, 6.45) is -2.06. The van der Waals surface area contributed by atoms with Gasteiger partial charge in [0.15, 0.2) is 0 Å². The van der Waals surface area contributed by atoms with Crippen molar-refractivity contribution in [2.45, 2.75) is 64.7 Å². The van der Waals surface area contributed by atoms with Crippen LogP contribution in [-0.2, 0) is 5.41 Å². The smallest absolute Gasteiger partial charge is 0.400 e. The summed E-state index contributed by atoms with van der Waals surface area (Å²) in [5.41, 5.74) is 3.70. The fourth-order valence-corrected chi connectivity index (χ4v) is 5.18. The van der Waals surface area contributed by atoms with Gasteiger partial charge in [0.2, 0.25) is 0 Å². The first-order chi connectivity index (χ1) is 16.4. The van der Waals surface area contributed by atoms with E-state index in [2.05, 4.69) is 20.5 Å². The normalized spacial score (nSPS) is 23.5. The van der Waals surface area contributed by atoms with Gasteiger partial charge in [0.05, 0.1) is 11.6 Å². The molecule has 186 valence electrons. The number of aliphatic imine (C=N–C) groups is 1. The highest BCUT2D eigenvalue weighted by molar-refractivity contribution is 5.92. The van der Waals surface area contributed by atoms with Crippen molar-refractivity contribution in [1.29, 1.82) is 0 Å². The van der Waals surface area contributed by atoms with E-state index in [4.69, 9.17) is 9.40 Å². The van der Waals surface area contributed by atoms with Crippen molar-refractivity contribution in [3.8, 4) is 11.6 Å². The molecule has 35 heavy (non-hydrogen) atoms. The van der Waals surface area contributed by atoms with Crippen LogP contribution >= 0.6 is 0 Å². The maximum absolute atomic E-state index is 12.8. The van der Waals surface area contributed by atoms with Crippen molar-refractivity contribution in [2.75, 3.05) is 11.9 Å². The lowest BCUT2D eigenvalue weighted by atomic mass is 9.84. The summed E-state index contributed by atoms with van der Waals surface area (Å²) in [6.45, 7) is 6.73. The zero-order valence-electron chi connectivity index (χ0n) is 20.1. The molecule has 3 atom stereocenters. The fraction of sp³-hybridized carbons (Fsp3) is 0.520. The van der Waals surface area contributed by atoms with Gasteiger partial charge in [-0.25, -0.2) is 9.98 Å². The highest BCUT2D eigenvalue weighted by Crippen LogP contribution is 2.43. The lowest BCUT2D eigenvalue weighted by molar-refractivity contribution is -0.115. The molecule has 2 N–H and O–H groups in total. The minimum Gasteiger partial charge on any atom is -0.400 e. The first kappa shape index (κ1) is 23.7. The Morgan fingerprint density at radius 1 is 1.14 bits per heavy atom. The lowest BCUT2D eigenvalue weighted by Gasteiger charge is -2.23. The summed E-state index contributed by atoms with van der Waals surface area (Å²) in [5, 5.41) is 21.6. The molecule has 1 aromatic carbocycles. The Labute approximate surface area is 200 Å². The van der Waals surface area contributed by atoms with Gasteiger partial charge in [-0.1, -0.05) is 25.9 Å². The molecular formula is C25H28F3N5O2. The lowest BCUT2D eigenvalue weighted by Crippen LogP contribution is -2.24. The Kier molecular flexibility index (Phi) is 5.62. The monoisotopic (exact) mass is 487 g/mol. The number of fused-ring (bicyclic) bond motifs is 3. The quantitative estimate of drug-likeness (QED) is 0.488. The maximum atomic E-state index is 12.8. The number of nitrogens with one attached hydrogen (secondary N) is 1. The van der Waals surface area contributed by atoms with Crippen molar-refractivity contribution in [3.63, 3.8) is 0 Å². The number of anilines is 1. The zero-order valence-corrected chi connectivity index (χ0v) is 20.1. The summed E-state index contributed by atoms with van der Waals surface area (Å²) in [4.78, 5) is 9.30. The number of hydrogen-bond donors (Lipinski definition) is 2. The van der Waals surface area contributed by atoms with Crippen LogP contribution in [0.2, 0.25) is 0 Å². The Morgan fingerprint density at radius 3 is 2.57 bits per heavy atom. The Bertz CT molecular complexity index is 1310. The van der Waals surface area contributed by atoms with Crippen LogP contribution < -0.4 is 5.32 Å². The highest BCUT2D eigenvalue weighted by Gasteiger charge is 2.43. The number of hydrogen-bond acceptors (Lipinski definition) is 7. The molecule has 10 heteroatoms. The van der Waals surface area contributed by atoms with Crippen molar-refractivity contribution in [1.82, 2.24) is 15.2 Å². The SMILES string of the molecule is Cc1cc(-c2nnc(N=C3CC4CC(O)C3C4)o2)nc2c(C(C)(C)C)cc(NCC(F)(F)F)cc12. The van der Waals surface area contributed by atoms with Gasteiger partial charge in [0.25, 0.3) is 5.89 Å². The molecule has 0 aliphatic heterocycles.